The molecule has 2 N–H and O–H groups in total. The maximum atomic E-state index is 12.7. The topological polar surface area (TPSA) is 126 Å². The third-order valence-electron chi connectivity index (χ3n) is 11.1. The zero-order valence-corrected chi connectivity index (χ0v) is 30.2. The Balaban J connectivity index is 0.000000136. The Morgan fingerprint density at radius 2 is 1.29 bits per heavy atom. The lowest BCUT2D eigenvalue weighted by Crippen LogP contribution is -2.61. The van der Waals surface area contributed by atoms with E-state index in [1.54, 1.807) is 9.03 Å². The number of aromatic nitrogens is 4. The van der Waals surface area contributed by atoms with Crippen molar-refractivity contribution in [2.45, 2.75) is 31.3 Å². The van der Waals surface area contributed by atoms with Crippen LogP contribution in [-0.2, 0) is 0 Å². The fourth-order valence-electron chi connectivity index (χ4n) is 8.20. The highest BCUT2D eigenvalue weighted by atomic mass is 16.4. The monoisotopic (exact) mass is 732 g/mol. The molecule has 0 aliphatic carbocycles. The van der Waals surface area contributed by atoms with Gasteiger partial charge in [-0.25, -0.2) is 18.6 Å². The van der Waals surface area contributed by atoms with Crippen LogP contribution in [0.2, 0.25) is 0 Å². The molecular formula is C43H40N8O4. The van der Waals surface area contributed by atoms with Crippen LogP contribution in [0, 0.1) is 0 Å². The van der Waals surface area contributed by atoms with Crippen LogP contribution in [0.25, 0.3) is 55.5 Å². The number of pyridine rings is 2. The number of nitrogens with zero attached hydrogens (tertiary/aromatic N) is 6. The summed E-state index contributed by atoms with van der Waals surface area (Å²) in [5.41, 5.74) is 6.87. The van der Waals surface area contributed by atoms with E-state index in [1.165, 1.54) is 12.8 Å². The molecule has 12 heteroatoms. The maximum Gasteiger partial charge on any atom is 0.345 e. The summed E-state index contributed by atoms with van der Waals surface area (Å²) < 4.78 is 14.9. The Morgan fingerprint density at radius 3 is 1.87 bits per heavy atom. The molecule has 4 saturated heterocycles. The van der Waals surface area contributed by atoms with Gasteiger partial charge in [-0.2, -0.15) is 10.2 Å². The van der Waals surface area contributed by atoms with Gasteiger partial charge in [0.1, 0.15) is 22.6 Å². The Morgan fingerprint density at radius 1 is 0.655 bits per heavy atom. The summed E-state index contributed by atoms with van der Waals surface area (Å²) in [6, 6.07) is 32.6. The molecule has 4 aliphatic rings. The van der Waals surface area contributed by atoms with Crippen molar-refractivity contribution in [3.05, 3.63) is 130 Å². The second-order valence-corrected chi connectivity index (χ2v) is 14.6. The van der Waals surface area contributed by atoms with Gasteiger partial charge in [0, 0.05) is 91.5 Å². The van der Waals surface area contributed by atoms with Crippen LogP contribution in [0.5, 0.6) is 0 Å². The van der Waals surface area contributed by atoms with Crippen molar-refractivity contribution in [2.75, 3.05) is 49.1 Å². The second kappa shape index (κ2) is 13.9. The molecule has 0 radical (unpaired) electrons. The van der Waals surface area contributed by atoms with Gasteiger partial charge in [-0.3, -0.25) is 0 Å². The number of piperidine rings is 2. The maximum absolute atomic E-state index is 12.7. The summed E-state index contributed by atoms with van der Waals surface area (Å²) >= 11 is 0. The van der Waals surface area contributed by atoms with Crippen LogP contribution in [0.1, 0.15) is 19.3 Å². The zero-order valence-electron chi connectivity index (χ0n) is 30.2. The molecule has 12 nitrogen and oxygen atoms in total. The Kier molecular flexibility index (Phi) is 8.41. The van der Waals surface area contributed by atoms with Crippen molar-refractivity contribution >= 4 is 44.3 Å². The molecule has 2 unspecified atom stereocenters. The average Bonchev–Trinajstić information content (AvgIpc) is 3.76. The second-order valence-electron chi connectivity index (χ2n) is 14.6. The molecule has 0 saturated carbocycles. The summed E-state index contributed by atoms with van der Waals surface area (Å²) in [6.07, 6.45) is 7.30. The lowest BCUT2D eigenvalue weighted by Gasteiger charge is -2.47. The van der Waals surface area contributed by atoms with Crippen molar-refractivity contribution in [1.29, 1.82) is 0 Å². The quantitative estimate of drug-likeness (QED) is 0.210. The van der Waals surface area contributed by atoms with Gasteiger partial charge >= 0.3 is 11.3 Å². The summed E-state index contributed by atoms with van der Waals surface area (Å²) in [6.45, 7) is 6.01. The van der Waals surface area contributed by atoms with Crippen molar-refractivity contribution in [1.82, 2.24) is 29.9 Å². The minimum atomic E-state index is -0.361. The van der Waals surface area contributed by atoms with Gasteiger partial charge in [-0.1, -0.05) is 12.1 Å². The lowest BCUT2D eigenvalue weighted by molar-refractivity contribution is 0.290. The largest absolute Gasteiger partial charge is 0.422 e. The standard InChI is InChI=1S/C22H20N4O2.C21H20N4O2/c27-22-19(20-10-17-3-1-2-8-26(17)24-20)9-14-4-6-16(11-21(14)28-22)25-13-15-5-7-18(25)12-23-15;26-21-18(19-13-17-4-1-2-10-25(17)23-19)12-15-5-6-16(14-20(15)27-21)24-9-3-7-22-8-11-24/h1-4,6,8-11,15,18,23H,5,7,12-13H2;1-2,4-6,10,12-14,22H,3,7-9,11H2. The summed E-state index contributed by atoms with van der Waals surface area (Å²) in [5.74, 6) is 0. The Hall–Kier alpha value is -6.24. The van der Waals surface area contributed by atoms with E-state index in [2.05, 4.69) is 42.8 Å². The molecule has 2 atom stereocenters. The third kappa shape index (κ3) is 6.43. The summed E-state index contributed by atoms with van der Waals surface area (Å²) in [7, 11) is 0. The number of anilines is 2. The van der Waals surface area contributed by atoms with E-state index < -0.39 is 0 Å². The van der Waals surface area contributed by atoms with Gasteiger partial charge in [-0.15, -0.1) is 0 Å². The van der Waals surface area contributed by atoms with E-state index in [9.17, 15) is 9.59 Å². The molecule has 276 valence electrons. The first-order chi connectivity index (χ1) is 27.0. The van der Waals surface area contributed by atoms with E-state index in [1.807, 2.05) is 97.3 Å². The lowest BCUT2D eigenvalue weighted by atomic mass is 9.92. The highest BCUT2D eigenvalue weighted by Gasteiger charge is 2.33. The molecular weight excluding hydrogens is 693 g/mol. The van der Waals surface area contributed by atoms with E-state index >= 15 is 0 Å². The molecule has 2 aromatic carbocycles. The van der Waals surface area contributed by atoms with Crippen molar-refractivity contribution in [2.24, 2.45) is 0 Å². The minimum absolute atomic E-state index is 0.352. The van der Waals surface area contributed by atoms with Crippen molar-refractivity contribution in [3.63, 3.8) is 0 Å². The zero-order chi connectivity index (χ0) is 36.9. The van der Waals surface area contributed by atoms with E-state index in [4.69, 9.17) is 8.83 Å². The average molecular weight is 733 g/mol. The molecule has 2 bridgehead atoms. The first kappa shape index (κ1) is 33.3. The fourth-order valence-corrected chi connectivity index (χ4v) is 8.20. The number of benzene rings is 2. The number of rotatable bonds is 4. The first-order valence-corrected chi connectivity index (χ1v) is 19.0. The van der Waals surface area contributed by atoms with Crippen LogP contribution < -0.4 is 31.7 Å². The predicted octanol–water partition coefficient (Wildman–Crippen LogP) is 5.96. The van der Waals surface area contributed by atoms with Gasteiger partial charge in [-0.05, 0) is 98.6 Å². The van der Waals surface area contributed by atoms with Crippen molar-refractivity contribution in [3.8, 4) is 22.5 Å². The van der Waals surface area contributed by atoms with Crippen LogP contribution in [-0.4, -0.2) is 70.6 Å². The highest BCUT2D eigenvalue weighted by molar-refractivity contribution is 5.86. The fraction of sp³-hybridized carbons (Fsp3) is 0.256. The molecule has 0 spiro atoms. The van der Waals surface area contributed by atoms with Crippen LogP contribution in [0.3, 0.4) is 0 Å². The molecule has 4 aliphatic heterocycles. The number of hydrogen-bond acceptors (Lipinski definition) is 10. The van der Waals surface area contributed by atoms with E-state index in [-0.39, 0.29) is 11.3 Å². The molecule has 10 heterocycles. The smallest absolute Gasteiger partial charge is 0.345 e. The molecule has 12 rings (SSSR count). The SMILES string of the molecule is O=c1oc2cc(N3CC4CCC3CN4)ccc2cc1-c1cc2ccccn2n1.O=c1oc2cc(N3CCCNCC3)ccc2cc1-c1cc2ccccn2n1. The Labute approximate surface area is 315 Å². The van der Waals surface area contributed by atoms with Gasteiger partial charge in [0.25, 0.3) is 0 Å². The van der Waals surface area contributed by atoms with E-state index in [0.717, 1.165) is 78.9 Å². The number of fused-ring (bicyclic) bond motifs is 7. The highest BCUT2D eigenvalue weighted by Crippen LogP contribution is 2.31. The van der Waals surface area contributed by atoms with E-state index in [0.29, 0.717) is 45.8 Å². The van der Waals surface area contributed by atoms with Crippen molar-refractivity contribution < 1.29 is 8.83 Å². The predicted molar refractivity (Wildman–Crippen MR) is 215 cm³/mol. The summed E-state index contributed by atoms with van der Waals surface area (Å²) in [4.78, 5) is 30.1. The minimum Gasteiger partial charge on any atom is -0.422 e. The Bertz CT molecular complexity index is 2740. The van der Waals surface area contributed by atoms with Gasteiger partial charge < -0.3 is 29.3 Å². The van der Waals surface area contributed by atoms with Gasteiger partial charge in [0.05, 0.1) is 22.2 Å². The third-order valence-corrected chi connectivity index (χ3v) is 11.1. The molecule has 6 aromatic heterocycles. The number of nitrogens with one attached hydrogen (secondary N) is 2. The first-order valence-electron chi connectivity index (χ1n) is 19.0. The van der Waals surface area contributed by atoms with Crippen LogP contribution in [0.4, 0.5) is 11.4 Å². The number of hydrogen-bond donors (Lipinski definition) is 2. The van der Waals surface area contributed by atoms with Crippen LogP contribution >= 0.6 is 0 Å². The molecule has 8 aromatic rings. The molecule has 55 heavy (non-hydrogen) atoms. The summed E-state index contributed by atoms with van der Waals surface area (Å²) in [5, 5.41) is 17.8. The molecule has 0 amide bonds. The normalized spacial score (nSPS) is 18.5. The molecule has 4 fully saturated rings. The van der Waals surface area contributed by atoms with Gasteiger partial charge in [0.2, 0.25) is 0 Å². The number of piperazine rings is 1. The van der Waals surface area contributed by atoms with Gasteiger partial charge in [0.15, 0.2) is 0 Å². The van der Waals surface area contributed by atoms with Crippen LogP contribution in [0.15, 0.2) is 128 Å².